The number of amides is 1. The molecule has 0 saturated carbocycles. The predicted octanol–water partition coefficient (Wildman–Crippen LogP) is 6.40. The largest absolute Gasteiger partial charge is 0.486 e. The lowest BCUT2D eigenvalue weighted by atomic mass is 10.1. The van der Waals surface area contributed by atoms with Crippen LogP contribution in [0, 0.1) is 13.8 Å². The second kappa shape index (κ2) is 9.19. The van der Waals surface area contributed by atoms with Crippen LogP contribution in [0.3, 0.4) is 0 Å². The number of hydrogen-bond acceptors (Lipinski definition) is 7. The number of anilines is 1. The first-order chi connectivity index (χ1) is 16.6. The zero-order valence-corrected chi connectivity index (χ0v) is 18.7. The lowest BCUT2D eigenvalue weighted by molar-refractivity contribution is 0.101. The topological polar surface area (TPSA) is 98.3 Å². The molecule has 3 aromatic carbocycles. The first kappa shape index (κ1) is 21.4. The molecule has 0 unspecified atom stereocenters. The summed E-state index contributed by atoms with van der Waals surface area (Å²) in [5.74, 6) is 1.42. The molecule has 2 heterocycles. The van der Waals surface area contributed by atoms with Gasteiger partial charge in [-0.15, -0.1) is 0 Å². The number of azo groups is 1. The summed E-state index contributed by atoms with van der Waals surface area (Å²) in [6.07, 6.45) is 0. The summed E-state index contributed by atoms with van der Waals surface area (Å²) in [4.78, 5) is 12.8. The lowest BCUT2D eigenvalue weighted by Crippen LogP contribution is -2.15. The van der Waals surface area contributed by atoms with Crippen molar-refractivity contribution >= 4 is 23.0 Å². The van der Waals surface area contributed by atoms with E-state index in [1.165, 1.54) is 0 Å². The molecule has 4 aromatic rings. The van der Waals surface area contributed by atoms with E-state index in [0.717, 1.165) is 22.4 Å². The highest BCUT2D eigenvalue weighted by Crippen LogP contribution is 2.35. The molecule has 0 bridgehead atoms. The van der Waals surface area contributed by atoms with Gasteiger partial charge in [0, 0.05) is 17.3 Å². The van der Waals surface area contributed by atoms with Gasteiger partial charge < -0.3 is 19.3 Å². The predicted molar refractivity (Wildman–Crippen MR) is 127 cm³/mol. The van der Waals surface area contributed by atoms with Crippen LogP contribution in [0.2, 0.25) is 0 Å². The minimum atomic E-state index is -0.370. The second-order valence-electron chi connectivity index (χ2n) is 7.87. The Morgan fingerprint density at radius 1 is 0.882 bits per heavy atom. The highest BCUT2D eigenvalue weighted by Gasteiger charge is 2.18. The third-order valence-electron chi connectivity index (χ3n) is 5.42. The van der Waals surface area contributed by atoms with E-state index in [0.29, 0.717) is 41.8 Å². The van der Waals surface area contributed by atoms with Crippen molar-refractivity contribution in [3.8, 4) is 22.8 Å². The average molecular weight is 454 g/mol. The Morgan fingerprint density at radius 2 is 1.71 bits per heavy atom. The molecular weight excluding hydrogens is 432 g/mol. The first-order valence-corrected chi connectivity index (χ1v) is 10.8. The molecule has 34 heavy (non-hydrogen) atoms. The number of fused-ring (bicyclic) bond motifs is 1. The van der Waals surface area contributed by atoms with Gasteiger partial charge in [0.2, 0.25) is 0 Å². The van der Waals surface area contributed by atoms with Gasteiger partial charge in [-0.05, 0) is 67.4 Å². The van der Waals surface area contributed by atoms with Gasteiger partial charge >= 0.3 is 0 Å². The fraction of sp³-hybridized carbons (Fsp3) is 0.154. The molecule has 0 radical (unpaired) electrons. The molecule has 1 amide bonds. The van der Waals surface area contributed by atoms with E-state index >= 15 is 0 Å². The van der Waals surface area contributed by atoms with Crippen LogP contribution >= 0.6 is 0 Å². The number of rotatable bonds is 5. The standard InChI is InChI=1S/C26H22N4O4/c1-16-5-3-4-6-21(16)29-28-19-8-9-20(17(2)13-19)27-26(31)22-15-24(34-30-22)18-7-10-23-25(14-18)33-12-11-32-23/h3-10,13-15H,11-12H2,1-2H3,(H,27,31). The number of nitrogens with one attached hydrogen (secondary N) is 1. The smallest absolute Gasteiger partial charge is 0.277 e. The highest BCUT2D eigenvalue weighted by molar-refractivity contribution is 6.03. The van der Waals surface area contributed by atoms with Crippen molar-refractivity contribution in [1.82, 2.24) is 5.16 Å². The van der Waals surface area contributed by atoms with Crippen molar-refractivity contribution in [2.75, 3.05) is 18.5 Å². The van der Waals surface area contributed by atoms with E-state index in [9.17, 15) is 4.79 Å². The van der Waals surface area contributed by atoms with Crippen LogP contribution in [0.1, 0.15) is 21.6 Å². The molecule has 8 nitrogen and oxygen atoms in total. The van der Waals surface area contributed by atoms with Crippen molar-refractivity contribution < 1.29 is 18.8 Å². The molecule has 0 saturated heterocycles. The molecule has 8 heteroatoms. The molecular formula is C26H22N4O4. The van der Waals surface area contributed by atoms with E-state index in [1.54, 1.807) is 18.2 Å². The Balaban J connectivity index is 1.28. The summed E-state index contributed by atoms with van der Waals surface area (Å²) in [6.45, 7) is 4.90. The number of hydrogen-bond donors (Lipinski definition) is 1. The summed E-state index contributed by atoms with van der Waals surface area (Å²) in [5.41, 5.74) is 4.99. The first-order valence-electron chi connectivity index (χ1n) is 10.8. The summed E-state index contributed by atoms with van der Waals surface area (Å²) in [7, 11) is 0. The molecule has 0 fully saturated rings. The summed E-state index contributed by atoms with van der Waals surface area (Å²) < 4.78 is 16.5. The van der Waals surface area contributed by atoms with Gasteiger partial charge in [0.05, 0.1) is 11.4 Å². The Kier molecular flexibility index (Phi) is 5.78. The number of carbonyl (C=O) groups is 1. The van der Waals surface area contributed by atoms with Crippen molar-refractivity contribution in [3.05, 3.63) is 83.6 Å². The van der Waals surface area contributed by atoms with Gasteiger partial charge in [0.15, 0.2) is 23.0 Å². The molecule has 170 valence electrons. The highest BCUT2D eigenvalue weighted by atomic mass is 16.6. The van der Waals surface area contributed by atoms with E-state index in [1.807, 2.05) is 62.4 Å². The van der Waals surface area contributed by atoms with Crippen LogP contribution in [0.25, 0.3) is 11.3 Å². The molecule has 0 spiro atoms. The van der Waals surface area contributed by atoms with Crippen molar-refractivity contribution in [3.63, 3.8) is 0 Å². The third kappa shape index (κ3) is 4.52. The van der Waals surface area contributed by atoms with E-state index < -0.39 is 0 Å². The summed E-state index contributed by atoms with van der Waals surface area (Å²) in [5, 5.41) is 15.4. The molecule has 0 aliphatic carbocycles. The average Bonchev–Trinajstić information content (AvgIpc) is 3.35. The Morgan fingerprint density at radius 3 is 2.53 bits per heavy atom. The lowest BCUT2D eigenvalue weighted by Gasteiger charge is -2.18. The van der Waals surface area contributed by atoms with Gasteiger partial charge in [-0.2, -0.15) is 10.2 Å². The molecule has 1 aliphatic rings. The van der Waals surface area contributed by atoms with E-state index in [-0.39, 0.29) is 11.6 Å². The van der Waals surface area contributed by atoms with Gasteiger partial charge in [0.25, 0.3) is 5.91 Å². The van der Waals surface area contributed by atoms with Gasteiger partial charge in [0.1, 0.15) is 13.2 Å². The third-order valence-corrected chi connectivity index (χ3v) is 5.42. The Labute approximate surface area is 196 Å². The van der Waals surface area contributed by atoms with Crippen molar-refractivity contribution in [2.45, 2.75) is 13.8 Å². The van der Waals surface area contributed by atoms with Crippen LogP contribution in [0.5, 0.6) is 11.5 Å². The van der Waals surface area contributed by atoms with Crippen molar-refractivity contribution in [1.29, 1.82) is 0 Å². The van der Waals surface area contributed by atoms with Gasteiger partial charge in [-0.3, -0.25) is 4.79 Å². The van der Waals surface area contributed by atoms with Crippen LogP contribution in [-0.2, 0) is 0 Å². The maximum absolute atomic E-state index is 12.8. The normalized spacial score (nSPS) is 12.6. The fourth-order valence-electron chi connectivity index (χ4n) is 3.54. The molecule has 1 aromatic heterocycles. The zero-order chi connectivity index (χ0) is 23.5. The molecule has 5 rings (SSSR count). The number of nitrogens with zero attached hydrogens (tertiary/aromatic N) is 3. The molecule has 0 atom stereocenters. The van der Waals surface area contributed by atoms with Crippen LogP contribution < -0.4 is 14.8 Å². The molecule has 1 N–H and O–H groups in total. The van der Waals surface area contributed by atoms with Gasteiger partial charge in [-0.1, -0.05) is 23.4 Å². The number of benzene rings is 3. The van der Waals surface area contributed by atoms with Crippen LogP contribution in [0.15, 0.2) is 81.5 Å². The van der Waals surface area contributed by atoms with Crippen LogP contribution in [-0.4, -0.2) is 24.3 Å². The summed E-state index contributed by atoms with van der Waals surface area (Å²) >= 11 is 0. The number of aromatic nitrogens is 1. The number of carbonyl (C=O) groups excluding carboxylic acids is 1. The minimum absolute atomic E-state index is 0.174. The summed E-state index contributed by atoms with van der Waals surface area (Å²) in [6, 6.07) is 20.3. The zero-order valence-electron chi connectivity index (χ0n) is 18.7. The quantitative estimate of drug-likeness (QED) is 0.352. The maximum atomic E-state index is 12.8. The number of aryl methyl sites for hydroxylation is 2. The van der Waals surface area contributed by atoms with Gasteiger partial charge in [-0.25, -0.2) is 0 Å². The maximum Gasteiger partial charge on any atom is 0.277 e. The van der Waals surface area contributed by atoms with Crippen molar-refractivity contribution in [2.24, 2.45) is 10.2 Å². The van der Waals surface area contributed by atoms with E-state index in [2.05, 4.69) is 20.7 Å². The van der Waals surface area contributed by atoms with Crippen LogP contribution in [0.4, 0.5) is 17.1 Å². The SMILES string of the molecule is Cc1ccccc1N=Nc1ccc(NC(=O)c2cc(-c3ccc4c(c3)OCCO4)on2)c(C)c1. The Hall–Kier alpha value is -4.46. The number of ether oxygens (including phenoxy) is 2. The Bertz CT molecular complexity index is 1390. The monoisotopic (exact) mass is 454 g/mol. The minimum Gasteiger partial charge on any atom is -0.486 e. The fourth-order valence-corrected chi connectivity index (χ4v) is 3.54. The van der Waals surface area contributed by atoms with E-state index in [4.69, 9.17) is 14.0 Å². The second-order valence-corrected chi connectivity index (χ2v) is 7.87. The molecule has 1 aliphatic heterocycles.